The van der Waals surface area contributed by atoms with Gasteiger partial charge in [0.2, 0.25) is 5.69 Å². The Bertz CT molecular complexity index is 897. The van der Waals surface area contributed by atoms with Crippen molar-refractivity contribution >= 4 is 11.6 Å². The van der Waals surface area contributed by atoms with Crippen LogP contribution < -0.4 is 5.32 Å². The zero-order chi connectivity index (χ0) is 18.0. The van der Waals surface area contributed by atoms with Crippen molar-refractivity contribution in [1.82, 2.24) is 19.7 Å². The Kier molecular flexibility index (Phi) is 4.34. The van der Waals surface area contributed by atoms with Crippen LogP contribution in [0.4, 0.5) is 5.69 Å². The van der Waals surface area contributed by atoms with Crippen LogP contribution in [0, 0.1) is 10.1 Å². The van der Waals surface area contributed by atoms with Crippen LogP contribution >= 0.6 is 0 Å². The molecule has 1 N–H and O–H groups in total. The number of nitrogens with zero attached hydrogens (tertiary/aromatic N) is 4. The predicted molar refractivity (Wildman–Crippen MR) is 91.5 cm³/mol. The Morgan fingerprint density at radius 1 is 1.24 bits per heavy atom. The van der Waals surface area contributed by atoms with Crippen LogP contribution in [0.2, 0.25) is 0 Å². The molecule has 3 aromatic rings. The van der Waals surface area contributed by atoms with Gasteiger partial charge in [-0.15, -0.1) is 0 Å². The highest BCUT2D eigenvalue weighted by molar-refractivity contribution is 5.96. The number of carbonyl (C=O) groups excluding carboxylic acids is 1. The maximum atomic E-state index is 12.3. The van der Waals surface area contributed by atoms with Crippen molar-refractivity contribution in [3.63, 3.8) is 0 Å². The number of hydrogen-bond donors (Lipinski definition) is 1. The molecule has 0 aliphatic heterocycles. The van der Waals surface area contributed by atoms with E-state index in [4.69, 9.17) is 0 Å². The fourth-order valence-corrected chi connectivity index (χ4v) is 2.56. The van der Waals surface area contributed by atoms with E-state index in [-0.39, 0.29) is 17.4 Å². The molecule has 25 heavy (non-hydrogen) atoms. The standard InChI is InChI=1S/C17H17N5O3/c1-12(13-5-7-14(8-6-13)21-9-3-4-10-21)18-17(23)16-15(22(24)25)11-20(2)19-16/h3-12H,1-2H3,(H,18,23). The minimum Gasteiger partial charge on any atom is -0.344 e. The third-order valence-corrected chi connectivity index (χ3v) is 3.86. The molecule has 2 heterocycles. The van der Waals surface area contributed by atoms with Crippen LogP contribution in [0.15, 0.2) is 55.0 Å². The minimum atomic E-state index is -0.613. The van der Waals surface area contributed by atoms with E-state index < -0.39 is 10.8 Å². The molecule has 0 aliphatic carbocycles. The Labute approximate surface area is 143 Å². The number of nitro groups is 1. The van der Waals surface area contributed by atoms with Gasteiger partial charge < -0.3 is 9.88 Å². The maximum absolute atomic E-state index is 12.3. The number of amides is 1. The Hall–Kier alpha value is -3.42. The molecule has 0 spiro atoms. The van der Waals surface area contributed by atoms with Crippen molar-refractivity contribution in [2.45, 2.75) is 13.0 Å². The number of aromatic nitrogens is 3. The molecule has 1 unspecified atom stereocenters. The van der Waals surface area contributed by atoms with Gasteiger partial charge in [-0.1, -0.05) is 12.1 Å². The van der Waals surface area contributed by atoms with Crippen molar-refractivity contribution in [2.75, 3.05) is 0 Å². The topological polar surface area (TPSA) is 95.0 Å². The van der Waals surface area contributed by atoms with E-state index in [1.54, 1.807) is 0 Å². The first-order chi connectivity index (χ1) is 12.0. The van der Waals surface area contributed by atoms with Crippen molar-refractivity contribution in [1.29, 1.82) is 0 Å². The van der Waals surface area contributed by atoms with E-state index >= 15 is 0 Å². The lowest BCUT2D eigenvalue weighted by molar-refractivity contribution is -0.385. The molecule has 128 valence electrons. The monoisotopic (exact) mass is 339 g/mol. The summed E-state index contributed by atoms with van der Waals surface area (Å²) in [5, 5.41) is 17.7. The van der Waals surface area contributed by atoms with Crippen molar-refractivity contribution in [3.8, 4) is 5.69 Å². The average Bonchev–Trinajstić information content (AvgIpc) is 3.24. The van der Waals surface area contributed by atoms with Gasteiger partial charge in [-0.3, -0.25) is 19.6 Å². The zero-order valence-electron chi connectivity index (χ0n) is 13.8. The van der Waals surface area contributed by atoms with E-state index in [2.05, 4.69) is 10.4 Å². The fraction of sp³-hybridized carbons (Fsp3) is 0.176. The largest absolute Gasteiger partial charge is 0.344 e. The van der Waals surface area contributed by atoms with Crippen LogP contribution in [0.25, 0.3) is 5.69 Å². The molecular formula is C17H17N5O3. The third-order valence-electron chi connectivity index (χ3n) is 3.86. The van der Waals surface area contributed by atoms with E-state index in [9.17, 15) is 14.9 Å². The molecule has 0 radical (unpaired) electrons. The maximum Gasteiger partial charge on any atom is 0.320 e. The average molecular weight is 339 g/mol. The van der Waals surface area contributed by atoms with Crippen molar-refractivity contribution in [3.05, 3.63) is 76.4 Å². The first-order valence-corrected chi connectivity index (χ1v) is 7.68. The molecule has 3 rings (SSSR count). The quantitative estimate of drug-likeness (QED) is 0.571. The second kappa shape index (κ2) is 6.60. The summed E-state index contributed by atoms with van der Waals surface area (Å²) in [5.74, 6) is -0.575. The van der Waals surface area contributed by atoms with Crippen molar-refractivity contribution in [2.24, 2.45) is 7.05 Å². The SMILES string of the molecule is CC(NC(=O)c1nn(C)cc1[N+](=O)[O-])c1ccc(-n2cccc2)cc1. The predicted octanol–water partition coefficient (Wildman–Crippen LogP) is 2.61. The minimum absolute atomic E-state index is 0.191. The van der Waals surface area contributed by atoms with E-state index in [1.165, 1.54) is 17.9 Å². The first kappa shape index (κ1) is 16.4. The summed E-state index contributed by atoms with van der Waals surface area (Å²) in [4.78, 5) is 22.7. The number of rotatable bonds is 5. The lowest BCUT2D eigenvalue weighted by Crippen LogP contribution is -2.27. The molecular weight excluding hydrogens is 322 g/mol. The highest BCUT2D eigenvalue weighted by Gasteiger charge is 2.25. The molecule has 1 aromatic carbocycles. The van der Waals surface area contributed by atoms with Gasteiger partial charge in [0.1, 0.15) is 6.20 Å². The lowest BCUT2D eigenvalue weighted by atomic mass is 10.1. The summed E-state index contributed by atoms with van der Waals surface area (Å²) in [6, 6.07) is 11.3. The van der Waals surface area contributed by atoms with Gasteiger partial charge in [0.25, 0.3) is 5.91 Å². The van der Waals surface area contributed by atoms with E-state index in [1.807, 2.05) is 60.3 Å². The summed E-state index contributed by atoms with van der Waals surface area (Å²) in [6.45, 7) is 1.82. The van der Waals surface area contributed by atoms with E-state index in [0.717, 1.165) is 11.3 Å². The summed E-state index contributed by atoms with van der Waals surface area (Å²) in [5.41, 5.74) is 1.40. The summed E-state index contributed by atoms with van der Waals surface area (Å²) in [6.07, 6.45) is 5.10. The molecule has 1 atom stereocenters. The summed E-state index contributed by atoms with van der Waals surface area (Å²) >= 11 is 0. The van der Waals surface area contributed by atoms with Gasteiger partial charge in [0, 0.05) is 25.1 Å². The number of carbonyl (C=O) groups is 1. The van der Waals surface area contributed by atoms with Gasteiger partial charge >= 0.3 is 5.69 Å². The Balaban J connectivity index is 1.75. The van der Waals surface area contributed by atoms with Crippen LogP contribution in [0.3, 0.4) is 0 Å². The highest BCUT2D eigenvalue weighted by atomic mass is 16.6. The van der Waals surface area contributed by atoms with Crippen molar-refractivity contribution < 1.29 is 9.72 Å². The number of aryl methyl sites for hydroxylation is 1. The van der Waals surface area contributed by atoms with Crippen LogP contribution in [-0.4, -0.2) is 25.2 Å². The van der Waals surface area contributed by atoms with Gasteiger partial charge in [-0.2, -0.15) is 5.10 Å². The molecule has 0 fully saturated rings. The number of hydrogen-bond acceptors (Lipinski definition) is 4. The molecule has 8 heteroatoms. The van der Waals surface area contributed by atoms with Gasteiger partial charge in [0.15, 0.2) is 0 Å². The second-order valence-corrected chi connectivity index (χ2v) is 5.67. The van der Waals surface area contributed by atoms with Crippen LogP contribution in [0.1, 0.15) is 29.0 Å². The molecule has 0 aliphatic rings. The smallest absolute Gasteiger partial charge is 0.320 e. The molecule has 0 saturated carbocycles. The molecule has 0 saturated heterocycles. The molecule has 1 amide bonds. The molecule has 8 nitrogen and oxygen atoms in total. The normalized spacial score (nSPS) is 11.9. The Morgan fingerprint density at radius 3 is 2.48 bits per heavy atom. The number of benzene rings is 1. The Morgan fingerprint density at radius 2 is 1.88 bits per heavy atom. The number of nitrogens with one attached hydrogen (secondary N) is 1. The second-order valence-electron chi connectivity index (χ2n) is 5.67. The first-order valence-electron chi connectivity index (χ1n) is 7.68. The lowest BCUT2D eigenvalue weighted by Gasteiger charge is -2.14. The summed E-state index contributed by atoms with van der Waals surface area (Å²) < 4.78 is 3.23. The van der Waals surface area contributed by atoms with Crippen LogP contribution in [0.5, 0.6) is 0 Å². The van der Waals surface area contributed by atoms with E-state index in [0.29, 0.717) is 0 Å². The van der Waals surface area contributed by atoms with Gasteiger partial charge in [0.05, 0.1) is 11.0 Å². The fourth-order valence-electron chi connectivity index (χ4n) is 2.56. The zero-order valence-corrected chi connectivity index (χ0v) is 13.8. The molecule has 0 bridgehead atoms. The third kappa shape index (κ3) is 3.42. The van der Waals surface area contributed by atoms with Gasteiger partial charge in [-0.05, 0) is 36.8 Å². The van der Waals surface area contributed by atoms with Crippen LogP contribution in [-0.2, 0) is 7.05 Å². The molecule has 2 aromatic heterocycles. The summed E-state index contributed by atoms with van der Waals surface area (Å²) in [7, 11) is 1.53. The highest BCUT2D eigenvalue weighted by Crippen LogP contribution is 2.19. The van der Waals surface area contributed by atoms with Gasteiger partial charge in [-0.25, -0.2) is 0 Å².